The number of hydrogen-bond acceptors (Lipinski definition) is 3. The quantitative estimate of drug-likeness (QED) is 0.490. The third-order valence-corrected chi connectivity index (χ3v) is 8.53. The Kier molecular flexibility index (Phi) is 3.13. The van der Waals surface area contributed by atoms with Crippen LogP contribution in [-0.2, 0) is 14.3 Å². The number of fused-ring (bicyclic) bond motifs is 5. The number of Topliss-reactive ketones (excluding diaryl/α,β-unsaturated/α-hetero) is 1. The number of ether oxygens (including phenoxy) is 1. The van der Waals surface area contributed by atoms with Gasteiger partial charge in [0, 0.05) is 24.7 Å². The van der Waals surface area contributed by atoms with E-state index in [1.54, 1.807) is 5.57 Å². The Hall–Kier alpha value is -1.12. The molecule has 3 fully saturated rings. The van der Waals surface area contributed by atoms with Gasteiger partial charge in [0.2, 0.25) is 0 Å². The van der Waals surface area contributed by atoms with Crippen molar-refractivity contribution in [3.8, 4) is 0 Å². The maximum absolute atomic E-state index is 11.9. The van der Waals surface area contributed by atoms with Gasteiger partial charge in [-0.3, -0.25) is 9.59 Å². The number of carbonyl (C=O) groups excluding carboxylic acids is 2. The van der Waals surface area contributed by atoms with Crippen LogP contribution >= 0.6 is 0 Å². The predicted octanol–water partition coefficient (Wildman–Crippen LogP) is 4.35. The number of esters is 1. The molecule has 24 heavy (non-hydrogen) atoms. The molecule has 0 aromatic heterocycles. The maximum Gasteiger partial charge on any atom is 0.306 e. The predicted molar refractivity (Wildman–Crippen MR) is 90.2 cm³/mol. The van der Waals surface area contributed by atoms with Crippen LogP contribution in [0.1, 0.15) is 77.6 Å². The first-order valence-electron chi connectivity index (χ1n) is 9.97. The van der Waals surface area contributed by atoms with Gasteiger partial charge in [-0.05, 0) is 69.1 Å². The van der Waals surface area contributed by atoms with Crippen LogP contribution in [0.15, 0.2) is 11.1 Å². The van der Waals surface area contributed by atoms with E-state index in [1.807, 2.05) is 0 Å². The Morgan fingerprint density at radius 3 is 2.62 bits per heavy atom. The number of ketones is 1. The molecule has 1 aliphatic heterocycles. The molecule has 0 radical (unpaired) electrons. The number of carbonyl (C=O) groups is 2. The van der Waals surface area contributed by atoms with Crippen molar-refractivity contribution in [2.75, 3.05) is 0 Å². The van der Waals surface area contributed by atoms with Crippen molar-refractivity contribution in [1.82, 2.24) is 0 Å². The molecule has 5 rings (SSSR count). The molecule has 0 aromatic rings. The van der Waals surface area contributed by atoms with Gasteiger partial charge in [-0.1, -0.05) is 18.1 Å². The summed E-state index contributed by atoms with van der Waals surface area (Å²) in [5.41, 5.74) is 3.19. The van der Waals surface area contributed by atoms with Crippen LogP contribution in [-0.4, -0.2) is 17.4 Å². The fraction of sp³-hybridized carbons (Fsp3) is 0.810. The highest BCUT2D eigenvalue weighted by Gasteiger charge is 2.65. The van der Waals surface area contributed by atoms with Crippen molar-refractivity contribution in [3.63, 3.8) is 0 Å². The third kappa shape index (κ3) is 1.84. The molecule has 1 saturated heterocycles. The number of allylic oxidation sites excluding steroid dienone is 2. The topological polar surface area (TPSA) is 43.4 Å². The summed E-state index contributed by atoms with van der Waals surface area (Å²) in [5.74, 6) is 2.65. The SMILES string of the molecule is C[C@]12CCC3C4=C(CCC3C1CCC21CCC(=O)O1)CC(=O)CC4. The van der Waals surface area contributed by atoms with Gasteiger partial charge in [-0.25, -0.2) is 0 Å². The monoisotopic (exact) mass is 328 g/mol. The van der Waals surface area contributed by atoms with Crippen LogP contribution < -0.4 is 0 Å². The van der Waals surface area contributed by atoms with Crippen LogP contribution in [0.25, 0.3) is 0 Å². The number of hydrogen-bond donors (Lipinski definition) is 0. The van der Waals surface area contributed by atoms with Gasteiger partial charge >= 0.3 is 5.97 Å². The van der Waals surface area contributed by atoms with Crippen LogP contribution in [0.3, 0.4) is 0 Å². The fourth-order valence-corrected chi connectivity index (χ4v) is 7.35. The molecule has 0 amide bonds. The molecule has 4 unspecified atom stereocenters. The van der Waals surface area contributed by atoms with Gasteiger partial charge in [-0.15, -0.1) is 0 Å². The largest absolute Gasteiger partial charge is 0.458 e. The molecular weight excluding hydrogens is 300 g/mol. The second kappa shape index (κ2) is 4.95. The van der Waals surface area contributed by atoms with E-state index in [9.17, 15) is 9.59 Å². The Morgan fingerprint density at radius 1 is 0.958 bits per heavy atom. The second-order valence-electron chi connectivity index (χ2n) is 9.22. The summed E-state index contributed by atoms with van der Waals surface area (Å²) in [6.07, 6.45) is 11.2. The maximum atomic E-state index is 11.9. The van der Waals surface area contributed by atoms with Crippen molar-refractivity contribution in [3.05, 3.63) is 11.1 Å². The molecule has 1 heterocycles. The van der Waals surface area contributed by atoms with Crippen LogP contribution in [0.2, 0.25) is 0 Å². The van der Waals surface area contributed by atoms with Crippen molar-refractivity contribution in [2.24, 2.45) is 23.2 Å². The highest BCUT2D eigenvalue weighted by atomic mass is 16.6. The number of rotatable bonds is 0. The molecule has 3 nitrogen and oxygen atoms in total. The highest BCUT2D eigenvalue weighted by molar-refractivity contribution is 5.82. The van der Waals surface area contributed by atoms with Gasteiger partial charge < -0.3 is 4.74 Å². The van der Waals surface area contributed by atoms with E-state index in [1.165, 1.54) is 31.3 Å². The minimum absolute atomic E-state index is 0.0263. The van der Waals surface area contributed by atoms with E-state index in [4.69, 9.17) is 4.74 Å². The third-order valence-electron chi connectivity index (χ3n) is 8.53. The van der Waals surface area contributed by atoms with Gasteiger partial charge in [0.15, 0.2) is 0 Å². The summed E-state index contributed by atoms with van der Waals surface area (Å²) in [7, 11) is 0. The van der Waals surface area contributed by atoms with E-state index in [0.29, 0.717) is 24.0 Å². The molecule has 2 saturated carbocycles. The summed E-state index contributed by atoms with van der Waals surface area (Å²) in [6, 6.07) is 0. The summed E-state index contributed by atoms with van der Waals surface area (Å²) in [4.78, 5) is 23.7. The molecule has 5 aliphatic rings. The van der Waals surface area contributed by atoms with Gasteiger partial charge in [0.1, 0.15) is 11.4 Å². The van der Waals surface area contributed by atoms with Gasteiger partial charge in [0.05, 0.1) is 0 Å². The average molecular weight is 328 g/mol. The second-order valence-corrected chi connectivity index (χ2v) is 9.22. The van der Waals surface area contributed by atoms with Crippen LogP contribution in [0.5, 0.6) is 0 Å². The average Bonchev–Trinajstić information content (AvgIpc) is 3.08. The zero-order valence-corrected chi connectivity index (χ0v) is 14.7. The Bertz CT molecular complexity index is 647. The van der Waals surface area contributed by atoms with Gasteiger partial charge in [-0.2, -0.15) is 0 Å². The summed E-state index contributed by atoms with van der Waals surface area (Å²) >= 11 is 0. The Labute approximate surface area is 144 Å². The van der Waals surface area contributed by atoms with E-state index < -0.39 is 0 Å². The first-order chi connectivity index (χ1) is 11.5. The summed E-state index contributed by atoms with van der Waals surface area (Å²) in [5, 5.41) is 0. The molecular formula is C21H28O3. The minimum Gasteiger partial charge on any atom is -0.458 e. The Balaban J connectivity index is 1.47. The summed E-state index contributed by atoms with van der Waals surface area (Å²) in [6.45, 7) is 2.42. The lowest BCUT2D eigenvalue weighted by atomic mass is 9.52. The van der Waals surface area contributed by atoms with Crippen molar-refractivity contribution in [1.29, 1.82) is 0 Å². The first kappa shape index (κ1) is 15.2. The lowest BCUT2D eigenvalue weighted by Gasteiger charge is -2.54. The first-order valence-corrected chi connectivity index (χ1v) is 9.97. The molecule has 0 bridgehead atoms. The van der Waals surface area contributed by atoms with Crippen LogP contribution in [0, 0.1) is 23.2 Å². The van der Waals surface area contributed by atoms with Crippen molar-refractivity contribution in [2.45, 2.75) is 83.2 Å². The smallest absolute Gasteiger partial charge is 0.306 e. The standard InChI is InChI=1S/C21H28O3/c1-20-9-6-16-15-5-3-14(22)12-13(15)2-4-17(16)18(20)7-10-21(20)11-8-19(23)24-21/h16-18H,2-12H2,1H3/t16?,17?,18?,20-,21?/m0/s1. The van der Waals surface area contributed by atoms with E-state index >= 15 is 0 Å². The molecule has 5 atom stereocenters. The fourth-order valence-electron chi connectivity index (χ4n) is 7.35. The lowest BCUT2D eigenvalue weighted by molar-refractivity contribution is -0.164. The normalized spacial score (nSPS) is 47.5. The van der Waals surface area contributed by atoms with Gasteiger partial charge in [0.25, 0.3) is 0 Å². The van der Waals surface area contributed by atoms with Crippen molar-refractivity contribution < 1.29 is 14.3 Å². The van der Waals surface area contributed by atoms with E-state index in [-0.39, 0.29) is 17.0 Å². The highest BCUT2D eigenvalue weighted by Crippen LogP contribution is 2.67. The zero-order chi connectivity index (χ0) is 16.5. The van der Waals surface area contributed by atoms with Crippen LogP contribution in [0.4, 0.5) is 0 Å². The Morgan fingerprint density at radius 2 is 1.83 bits per heavy atom. The van der Waals surface area contributed by atoms with E-state index in [0.717, 1.165) is 44.4 Å². The lowest BCUT2D eigenvalue weighted by Crippen LogP contribution is -2.51. The molecule has 1 spiro atoms. The van der Waals surface area contributed by atoms with Crippen molar-refractivity contribution >= 4 is 11.8 Å². The molecule has 3 heteroatoms. The zero-order valence-electron chi connectivity index (χ0n) is 14.7. The molecule has 4 aliphatic carbocycles. The minimum atomic E-state index is -0.156. The van der Waals surface area contributed by atoms with E-state index in [2.05, 4.69) is 6.92 Å². The molecule has 0 aromatic carbocycles. The summed E-state index contributed by atoms with van der Waals surface area (Å²) < 4.78 is 5.99. The molecule has 0 N–H and O–H groups in total. The molecule has 130 valence electrons.